The fourth-order valence-corrected chi connectivity index (χ4v) is 3.21. The number of nitrogens with zero attached hydrogens (tertiary/aromatic N) is 4. The van der Waals surface area contributed by atoms with Crippen LogP contribution >= 0.6 is 0 Å². The van der Waals surface area contributed by atoms with Gasteiger partial charge in [-0.2, -0.15) is 0 Å². The number of fused-ring (bicyclic) bond motifs is 1. The minimum absolute atomic E-state index is 0.175. The van der Waals surface area contributed by atoms with Crippen molar-refractivity contribution >= 4 is 22.8 Å². The summed E-state index contributed by atoms with van der Waals surface area (Å²) in [6.45, 7) is 2.77. The molecule has 2 aromatic heterocycles. The molecule has 0 saturated heterocycles. The lowest BCUT2D eigenvalue weighted by Gasteiger charge is -2.09. The monoisotopic (exact) mass is 401 g/mol. The van der Waals surface area contributed by atoms with E-state index >= 15 is 0 Å². The zero-order valence-corrected chi connectivity index (χ0v) is 16.2. The number of hydrogen-bond acceptors (Lipinski definition) is 5. The van der Waals surface area contributed by atoms with E-state index in [9.17, 15) is 14.7 Å². The predicted molar refractivity (Wildman–Crippen MR) is 111 cm³/mol. The largest absolute Gasteiger partial charge is 0.478 e. The number of pyridine rings is 1. The minimum Gasteiger partial charge on any atom is -0.478 e. The standard InChI is InChI=1S/C22H19N5O3/c1-14-13-27(26-25-14)10-9-23-21(28)16-6-4-5-15(11-16)20-12-18(22(29)30)17-7-2-3-8-19(17)24-20/h2-8,11-13H,9-10H2,1H3,(H,23,28)(H,29,30). The van der Waals surface area contributed by atoms with Crippen molar-refractivity contribution in [1.82, 2.24) is 25.3 Å². The van der Waals surface area contributed by atoms with Crippen LogP contribution in [-0.2, 0) is 6.54 Å². The average Bonchev–Trinajstić information content (AvgIpc) is 3.17. The van der Waals surface area contributed by atoms with E-state index in [0.29, 0.717) is 40.8 Å². The zero-order chi connectivity index (χ0) is 21.1. The summed E-state index contributed by atoms with van der Waals surface area (Å²) in [5, 5.41) is 20.9. The van der Waals surface area contributed by atoms with Crippen LogP contribution < -0.4 is 5.32 Å². The van der Waals surface area contributed by atoms with Gasteiger partial charge in [0.25, 0.3) is 5.91 Å². The molecule has 0 unspecified atom stereocenters. The highest BCUT2D eigenvalue weighted by molar-refractivity contribution is 6.04. The van der Waals surface area contributed by atoms with Crippen molar-refractivity contribution < 1.29 is 14.7 Å². The number of benzene rings is 2. The van der Waals surface area contributed by atoms with E-state index < -0.39 is 5.97 Å². The van der Waals surface area contributed by atoms with Crippen molar-refractivity contribution in [2.75, 3.05) is 6.54 Å². The van der Waals surface area contributed by atoms with Crippen molar-refractivity contribution in [3.8, 4) is 11.3 Å². The summed E-state index contributed by atoms with van der Waals surface area (Å²) in [7, 11) is 0. The Balaban J connectivity index is 1.57. The van der Waals surface area contributed by atoms with Crippen molar-refractivity contribution in [3.63, 3.8) is 0 Å². The number of para-hydroxylation sites is 1. The number of amides is 1. The van der Waals surface area contributed by atoms with Gasteiger partial charge in [0.2, 0.25) is 0 Å². The molecular formula is C22H19N5O3. The van der Waals surface area contributed by atoms with Crippen molar-refractivity contribution in [1.29, 1.82) is 0 Å². The van der Waals surface area contributed by atoms with Crippen molar-refractivity contribution in [3.05, 3.63) is 77.6 Å². The van der Waals surface area contributed by atoms with Gasteiger partial charge in [-0.15, -0.1) is 5.10 Å². The van der Waals surface area contributed by atoms with Crippen LogP contribution in [0.3, 0.4) is 0 Å². The quantitative estimate of drug-likeness (QED) is 0.514. The van der Waals surface area contributed by atoms with E-state index in [1.54, 1.807) is 53.3 Å². The Labute approximate surface area is 172 Å². The molecule has 8 heteroatoms. The molecule has 0 spiro atoms. The third kappa shape index (κ3) is 4.02. The molecule has 0 aliphatic heterocycles. The van der Waals surface area contributed by atoms with Gasteiger partial charge in [0.15, 0.2) is 0 Å². The Morgan fingerprint density at radius 3 is 2.70 bits per heavy atom. The zero-order valence-electron chi connectivity index (χ0n) is 16.2. The van der Waals surface area contributed by atoms with Crippen molar-refractivity contribution in [2.24, 2.45) is 0 Å². The summed E-state index contributed by atoms with van der Waals surface area (Å²) in [5.41, 5.74) is 3.22. The molecule has 0 aliphatic carbocycles. The summed E-state index contributed by atoms with van der Waals surface area (Å²) in [6, 6.07) is 15.6. The number of aromatic carboxylic acids is 1. The molecule has 0 fully saturated rings. The first-order valence-corrected chi connectivity index (χ1v) is 9.40. The van der Waals surface area contributed by atoms with Gasteiger partial charge >= 0.3 is 5.97 Å². The summed E-state index contributed by atoms with van der Waals surface area (Å²) in [4.78, 5) is 28.8. The Morgan fingerprint density at radius 1 is 1.10 bits per heavy atom. The molecule has 8 nitrogen and oxygen atoms in total. The van der Waals surface area contributed by atoms with Gasteiger partial charge < -0.3 is 10.4 Å². The number of rotatable bonds is 6. The molecule has 0 aliphatic rings. The molecule has 150 valence electrons. The average molecular weight is 401 g/mol. The highest BCUT2D eigenvalue weighted by Gasteiger charge is 2.14. The van der Waals surface area contributed by atoms with E-state index in [0.717, 1.165) is 5.69 Å². The molecule has 4 rings (SSSR count). The second-order valence-corrected chi connectivity index (χ2v) is 6.84. The van der Waals surface area contributed by atoms with Gasteiger partial charge in [-0.1, -0.05) is 35.5 Å². The lowest BCUT2D eigenvalue weighted by molar-refractivity contribution is 0.0698. The maximum atomic E-state index is 12.5. The third-order valence-electron chi connectivity index (χ3n) is 4.65. The molecule has 2 aromatic carbocycles. The number of carbonyl (C=O) groups excluding carboxylic acids is 1. The first-order chi connectivity index (χ1) is 14.5. The maximum Gasteiger partial charge on any atom is 0.336 e. The Morgan fingerprint density at radius 2 is 1.93 bits per heavy atom. The number of carboxylic acid groups (broad SMARTS) is 1. The van der Waals surface area contributed by atoms with Crippen LogP contribution in [0.15, 0.2) is 60.8 Å². The highest BCUT2D eigenvalue weighted by atomic mass is 16.4. The number of carboxylic acids is 1. The van der Waals surface area contributed by atoms with Gasteiger partial charge in [-0.05, 0) is 31.2 Å². The van der Waals surface area contributed by atoms with E-state index in [1.165, 1.54) is 6.07 Å². The summed E-state index contributed by atoms with van der Waals surface area (Å²) < 4.78 is 1.67. The molecule has 30 heavy (non-hydrogen) atoms. The molecule has 1 amide bonds. The number of nitrogens with one attached hydrogen (secondary N) is 1. The fourth-order valence-electron chi connectivity index (χ4n) is 3.21. The van der Waals surface area contributed by atoms with Gasteiger partial charge in [0, 0.05) is 29.3 Å². The molecule has 0 bridgehead atoms. The molecule has 0 saturated carbocycles. The van der Waals surface area contributed by atoms with Gasteiger partial charge in [-0.3, -0.25) is 9.48 Å². The minimum atomic E-state index is -1.02. The number of carbonyl (C=O) groups is 2. The smallest absolute Gasteiger partial charge is 0.336 e. The topological polar surface area (TPSA) is 110 Å². The Kier molecular flexibility index (Phi) is 5.21. The van der Waals surface area contributed by atoms with Gasteiger partial charge in [0.1, 0.15) is 0 Å². The first-order valence-electron chi connectivity index (χ1n) is 9.40. The Bertz CT molecular complexity index is 1250. The molecule has 0 radical (unpaired) electrons. The number of aromatic nitrogens is 4. The lowest BCUT2D eigenvalue weighted by Crippen LogP contribution is -2.27. The molecule has 0 atom stereocenters. The fraction of sp³-hybridized carbons (Fsp3) is 0.136. The predicted octanol–water partition coefficient (Wildman–Crippen LogP) is 2.93. The van der Waals surface area contributed by atoms with Crippen LogP contribution in [0.2, 0.25) is 0 Å². The molecule has 2 N–H and O–H groups in total. The van der Waals surface area contributed by atoms with Crippen molar-refractivity contribution in [2.45, 2.75) is 13.5 Å². The van der Waals surface area contributed by atoms with Crippen LogP contribution in [0.25, 0.3) is 22.2 Å². The van der Waals surface area contributed by atoms with Crippen LogP contribution in [0.4, 0.5) is 0 Å². The lowest BCUT2D eigenvalue weighted by atomic mass is 10.0. The molecule has 4 aromatic rings. The molecular weight excluding hydrogens is 382 g/mol. The second kappa shape index (κ2) is 8.12. The molecule has 2 heterocycles. The summed E-state index contributed by atoms with van der Waals surface area (Å²) >= 11 is 0. The summed E-state index contributed by atoms with van der Waals surface area (Å²) in [6.07, 6.45) is 1.80. The highest BCUT2D eigenvalue weighted by Crippen LogP contribution is 2.25. The van der Waals surface area contributed by atoms with E-state index in [1.807, 2.05) is 13.0 Å². The van der Waals surface area contributed by atoms with Crippen LogP contribution in [0, 0.1) is 6.92 Å². The SMILES string of the molecule is Cc1cn(CCNC(=O)c2cccc(-c3cc(C(=O)O)c4ccccc4n3)c2)nn1. The second-order valence-electron chi connectivity index (χ2n) is 6.84. The van der Waals surface area contributed by atoms with Crippen LogP contribution in [0.5, 0.6) is 0 Å². The van der Waals surface area contributed by atoms with E-state index in [2.05, 4.69) is 20.6 Å². The van der Waals surface area contributed by atoms with Crippen LogP contribution in [-0.4, -0.2) is 43.5 Å². The van der Waals surface area contributed by atoms with E-state index in [4.69, 9.17) is 0 Å². The third-order valence-corrected chi connectivity index (χ3v) is 4.65. The van der Waals surface area contributed by atoms with Crippen LogP contribution in [0.1, 0.15) is 26.4 Å². The summed E-state index contributed by atoms with van der Waals surface area (Å²) in [5.74, 6) is -1.25. The van der Waals surface area contributed by atoms with E-state index in [-0.39, 0.29) is 11.5 Å². The normalized spacial score (nSPS) is 10.8. The Hall–Kier alpha value is -4.07. The van der Waals surface area contributed by atoms with Gasteiger partial charge in [0.05, 0.1) is 29.0 Å². The first kappa shape index (κ1) is 19.3. The number of hydrogen-bond donors (Lipinski definition) is 2. The number of aryl methyl sites for hydroxylation is 1. The van der Waals surface area contributed by atoms with Gasteiger partial charge in [-0.25, -0.2) is 9.78 Å². The maximum absolute atomic E-state index is 12.5.